The van der Waals surface area contributed by atoms with Crippen LogP contribution in [0.3, 0.4) is 0 Å². The zero-order chi connectivity index (χ0) is 17.4. The summed E-state index contributed by atoms with van der Waals surface area (Å²) >= 11 is 0. The third-order valence-electron chi connectivity index (χ3n) is 5.49. The monoisotopic (exact) mass is 384 g/mol. The summed E-state index contributed by atoms with van der Waals surface area (Å²) < 4.78 is 11.3. The predicted octanol–water partition coefficient (Wildman–Crippen LogP) is 4.20. The van der Waals surface area contributed by atoms with Crippen LogP contribution in [0, 0.1) is 5.41 Å². The van der Waals surface area contributed by atoms with Crippen molar-refractivity contribution in [2.75, 3.05) is 13.1 Å². The summed E-state index contributed by atoms with van der Waals surface area (Å²) in [5.74, 6) is 3.08. The van der Waals surface area contributed by atoms with Gasteiger partial charge in [-0.3, -0.25) is 0 Å². The molecule has 0 amide bonds. The largest absolute Gasteiger partial charge is 0.439 e. The Bertz CT molecular complexity index is 892. The van der Waals surface area contributed by atoms with Crippen molar-refractivity contribution < 1.29 is 9.26 Å². The zero-order valence-corrected chi connectivity index (χ0v) is 15.6. The number of ether oxygens (including phenoxy) is 1. The van der Waals surface area contributed by atoms with Crippen molar-refractivity contribution >= 4 is 12.4 Å². The summed E-state index contributed by atoms with van der Waals surface area (Å²) in [5.41, 5.74) is 1.22. The number of nitrogens with one attached hydrogen (secondary N) is 1. The molecule has 0 radical (unpaired) electrons. The van der Waals surface area contributed by atoms with Crippen LogP contribution in [0.5, 0.6) is 11.6 Å². The van der Waals surface area contributed by atoms with Crippen molar-refractivity contribution in [3.8, 4) is 23.0 Å². The van der Waals surface area contributed by atoms with E-state index >= 15 is 0 Å². The van der Waals surface area contributed by atoms with E-state index < -0.39 is 0 Å². The molecule has 1 aliphatic carbocycles. The second kappa shape index (κ2) is 7.29. The van der Waals surface area contributed by atoms with Gasteiger partial charge in [0.15, 0.2) is 0 Å². The molecule has 1 saturated heterocycles. The minimum atomic E-state index is 0. The van der Waals surface area contributed by atoms with Gasteiger partial charge in [0.05, 0.1) is 0 Å². The number of halogens is 1. The van der Waals surface area contributed by atoms with Gasteiger partial charge in [-0.05, 0) is 56.0 Å². The Hall–Kier alpha value is -2.44. The molecular formula is C20H21ClN4O2. The summed E-state index contributed by atoms with van der Waals surface area (Å²) in [7, 11) is 0. The number of aromatic nitrogens is 3. The second-order valence-electron chi connectivity index (χ2n) is 7.13. The topological polar surface area (TPSA) is 73.1 Å². The van der Waals surface area contributed by atoms with E-state index in [4.69, 9.17) is 9.26 Å². The van der Waals surface area contributed by atoms with Crippen LogP contribution in [-0.2, 0) is 0 Å². The quantitative estimate of drug-likeness (QED) is 0.726. The summed E-state index contributed by atoms with van der Waals surface area (Å²) in [6.45, 7) is 2.18. The average molecular weight is 385 g/mol. The Balaban J connectivity index is 0.00000180. The van der Waals surface area contributed by atoms with Crippen molar-refractivity contribution in [1.82, 2.24) is 20.4 Å². The molecule has 140 valence electrons. The molecule has 2 aromatic heterocycles. The second-order valence-corrected chi connectivity index (χ2v) is 7.13. The molecule has 1 spiro atoms. The number of pyridine rings is 1. The molecule has 27 heavy (non-hydrogen) atoms. The van der Waals surface area contributed by atoms with E-state index in [2.05, 4.69) is 20.4 Å². The molecule has 2 fully saturated rings. The number of rotatable bonds is 4. The van der Waals surface area contributed by atoms with Gasteiger partial charge in [-0.1, -0.05) is 23.4 Å². The fourth-order valence-electron chi connectivity index (χ4n) is 3.85. The fraction of sp³-hybridized carbons (Fsp3) is 0.350. The first-order valence-corrected chi connectivity index (χ1v) is 9.06. The van der Waals surface area contributed by atoms with Crippen LogP contribution in [0.2, 0.25) is 0 Å². The lowest BCUT2D eigenvalue weighted by Gasteiger charge is -2.22. The fourth-order valence-corrected chi connectivity index (χ4v) is 3.85. The predicted molar refractivity (Wildman–Crippen MR) is 103 cm³/mol. The number of hydrogen-bond donors (Lipinski definition) is 1. The zero-order valence-electron chi connectivity index (χ0n) is 14.8. The van der Waals surface area contributed by atoms with Crippen molar-refractivity contribution in [2.24, 2.45) is 5.41 Å². The number of para-hydroxylation sites is 1. The lowest BCUT2D eigenvalue weighted by atomic mass is 9.92. The smallest absolute Gasteiger partial charge is 0.230 e. The van der Waals surface area contributed by atoms with Gasteiger partial charge < -0.3 is 14.6 Å². The van der Waals surface area contributed by atoms with Gasteiger partial charge in [0, 0.05) is 23.7 Å². The SMILES string of the molecule is Cl.c1ccc(Oc2ccc(-c3noc(C4CC45CCNCC5)n3)cn2)cc1. The van der Waals surface area contributed by atoms with Gasteiger partial charge >= 0.3 is 0 Å². The van der Waals surface area contributed by atoms with Crippen LogP contribution in [0.1, 0.15) is 31.1 Å². The van der Waals surface area contributed by atoms with Gasteiger partial charge in [0.2, 0.25) is 17.6 Å². The van der Waals surface area contributed by atoms with E-state index in [1.54, 1.807) is 6.20 Å². The van der Waals surface area contributed by atoms with Gasteiger partial charge in [0.1, 0.15) is 5.75 Å². The standard InChI is InChI=1S/C20H20N4O2.ClH/c1-2-4-15(5-3-1)25-17-7-6-14(13-22-17)18-23-19(26-24-18)16-12-20(16)8-10-21-11-9-20;/h1-7,13,16,21H,8-12H2;1H. The lowest BCUT2D eigenvalue weighted by molar-refractivity contribution is 0.311. The van der Waals surface area contributed by atoms with E-state index in [1.807, 2.05) is 42.5 Å². The first kappa shape index (κ1) is 17.9. The molecule has 3 aromatic rings. The lowest BCUT2D eigenvalue weighted by Crippen LogP contribution is -2.29. The molecule has 7 heteroatoms. The van der Waals surface area contributed by atoms with E-state index in [0.29, 0.717) is 23.0 Å². The minimum absolute atomic E-state index is 0. The summed E-state index contributed by atoms with van der Waals surface area (Å²) in [6, 6.07) is 13.3. The number of hydrogen-bond acceptors (Lipinski definition) is 6. The normalized spacial score (nSPS) is 20.1. The van der Waals surface area contributed by atoms with Gasteiger partial charge in [0.25, 0.3) is 0 Å². The summed E-state index contributed by atoms with van der Waals surface area (Å²) in [6.07, 6.45) is 5.28. The Labute approximate surface area is 163 Å². The average Bonchev–Trinajstić information content (AvgIpc) is 3.15. The third-order valence-corrected chi connectivity index (χ3v) is 5.49. The van der Waals surface area contributed by atoms with Crippen molar-refractivity contribution in [3.05, 3.63) is 54.6 Å². The molecule has 1 saturated carbocycles. The van der Waals surface area contributed by atoms with Crippen molar-refractivity contribution in [1.29, 1.82) is 0 Å². The molecule has 3 heterocycles. The maximum absolute atomic E-state index is 5.72. The Kier molecular flexibility index (Phi) is 4.85. The summed E-state index contributed by atoms with van der Waals surface area (Å²) in [5, 5.41) is 7.58. The molecule has 0 bridgehead atoms. The molecule has 6 nitrogen and oxygen atoms in total. The molecule has 1 aliphatic heterocycles. The first-order valence-electron chi connectivity index (χ1n) is 9.06. The molecule has 1 aromatic carbocycles. The van der Waals surface area contributed by atoms with E-state index in [1.165, 1.54) is 19.3 Å². The number of nitrogens with zero attached hydrogens (tertiary/aromatic N) is 3. The Morgan fingerprint density at radius 3 is 2.63 bits per heavy atom. The van der Waals surface area contributed by atoms with Gasteiger partial charge in [-0.25, -0.2) is 4.98 Å². The van der Waals surface area contributed by atoms with Crippen LogP contribution < -0.4 is 10.1 Å². The molecule has 1 N–H and O–H groups in total. The van der Waals surface area contributed by atoms with Crippen LogP contribution >= 0.6 is 12.4 Å². The van der Waals surface area contributed by atoms with Crippen molar-refractivity contribution in [2.45, 2.75) is 25.2 Å². The Morgan fingerprint density at radius 2 is 1.89 bits per heavy atom. The highest BCUT2D eigenvalue weighted by atomic mass is 35.5. The minimum Gasteiger partial charge on any atom is -0.439 e. The van der Waals surface area contributed by atoms with Crippen LogP contribution in [0.25, 0.3) is 11.4 Å². The highest BCUT2D eigenvalue weighted by Gasteiger charge is 2.57. The highest BCUT2D eigenvalue weighted by Crippen LogP contribution is 2.63. The molecule has 1 unspecified atom stereocenters. The van der Waals surface area contributed by atoms with Gasteiger partial charge in [-0.15, -0.1) is 12.4 Å². The Morgan fingerprint density at radius 1 is 1.07 bits per heavy atom. The molecule has 2 aliphatic rings. The van der Waals surface area contributed by atoms with Crippen LogP contribution in [0.15, 0.2) is 53.2 Å². The molecule has 5 rings (SSSR count). The third kappa shape index (κ3) is 3.55. The van der Waals surface area contributed by atoms with Crippen LogP contribution in [-0.4, -0.2) is 28.2 Å². The maximum Gasteiger partial charge on any atom is 0.230 e. The number of piperidine rings is 1. The molecule has 1 atom stereocenters. The maximum atomic E-state index is 5.72. The van der Waals surface area contributed by atoms with E-state index in [-0.39, 0.29) is 12.4 Å². The number of benzene rings is 1. The highest BCUT2D eigenvalue weighted by molar-refractivity contribution is 5.85. The first-order chi connectivity index (χ1) is 12.8. The molecular weight excluding hydrogens is 364 g/mol. The summed E-state index contributed by atoms with van der Waals surface area (Å²) in [4.78, 5) is 8.98. The van der Waals surface area contributed by atoms with Gasteiger partial charge in [-0.2, -0.15) is 4.98 Å². The van der Waals surface area contributed by atoms with E-state index in [0.717, 1.165) is 30.3 Å². The van der Waals surface area contributed by atoms with Crippen LogP contribution in [0.4, 0.5) is 0 Å². The van der Waals surface area contributed by atoms with Crippen molar-refractivity contribution in [3.63, 3.8) is 0 Å². The van der Waals surface area contributed by atoms with E-state index in [9.17, 15) is 0 Å².